The lowest BCUT2D eigenvalue weighted by Crippen LogP contribution is -2.34. The molecule has 0 unspecified atom stereocenters. The van der Waals surface area contributed by atoms with E-state index in [9.17, 15) is 14.0 Å². The van der Waals surface area contributed by atoms with Gasteiger partial charge in [0.25, 0.3) is 5.91 Å². The lowest BCUT2D eigenvalue weighted by molar-refractivity contribution is 0.0929. The Morgan fingerprint density at radius 3 is 2.69 bits per heavy atom. The van der Waals surface area contributed by atoms with E-state index in [-0.39, 0.29) is 30.2 Å². The summed E-state index contributed by atoms with van der Waals surface area (Å²) in [5.74, 6) is 0.671. The summed E-state index contributed by atoms with van der Waals surface area (Å²) >= 11 is 1.30. The van der Waals surface area contributed by atoms with Crippen molar-refractivity contribution in [2.75, 3.05) is 20.8 Å². The van der Waals surface area contributed by atoms with Gasteiger partial charge in [-0.25, -0.2) is 4.39 Å². The van der Waals surface area contributed by atoms with E-state index in [1.54, 1.807) is 30.3 Å². The molecule has 8 heteroatoms. The molecule has 3 aromatic rings. The van der Waals surface area contributed by atoms with Crippen LogP contribution in [0.3, 0.4) is 0 Å². The molecule has 166 valence electrons. The number of halogens is 1. The summed E-state index contributed by atoms with van der Waals surface area (Å²) < 4.78 is 30.9. The second-order valence-corrected chi connectivity index (χ2v) is 8.44. The number of fused-ring (bicyclic) bond motifs is 1. The minimum Gasteiger partial charge on any atom is -0.493 e. The van der Waals surface area contributed by atoms with Crippen molar-refractivity contribution >= 4 is 23.0 Å². The Balaban J connectivity index is 1.50. The minimum atomic E-state index is -0.370. The Kier molecular flexibility index (Phi) is 6.14. The van der Waals surface area contributed by atoms with Crippen molar-refractivity contribution < 1.29 is 28.2 Å². The van der Waals surface area contributed by atoms with Crippen molar-refractivity contribution in [2.45, 2.75) is 19.4 Å². The smallest absolute Gasteiger partial charge is 0.255 e. The molecule has 1 aliphatic heterocycles. The number of Topliss-reactive ketones (excluding diaryl/α,β-unsaturated/α-hetero) is 1. The third-order valence-electron chi connectivity index (χ3n) is 5.22. The predicted octanol–water partition coefficient (Wildman–Crippen LogP) is 4.51. The number of hydrogen-bond acceptors (Lipinski definition) is 6. The molecule has 4 rings (SSSR count). The number of carbonyl (C=O) groups excluding carboxylic acids is 2. The predicted molar refractivity (Wildman–Crippen MR) is 120 cm³/mol. The highest BCUT2D eigenvalue weighted by molar-refractivity contribution is 7.17. The quantitative estimate of drug-likeness (QED) is 0.531. The third-order valence-corrected chi connectivity index (χ3v) is 6.44. The number of hydrogen-bond donors (Lipinski definition) is 1. The lowest BCUT2D eigenvalue weighted by Gasteiger charge is -2.15. The average molecular weight is 456 g/mol. The summed E-state index contributed by atoms with van der Waals surface area (Å²) in [5, 5.41) is 2.86. The SMILES string of the molecule is COc1cccc(C(=O)NC[C@@H]2Cc3cc(F)cc(-c4ccc(C(C)=O)s4)c3O2)c1OC. The molecule has 32 heavy (non-hydrogen) atoms. The molecule has 1 aliphatic rings. The fourth-order valence-electron chi connectivity index (χ4n) is 3.73. The van der Waals surface area contributed by atoms with Gasteiger partial charge in [-0.15, -0.1) is 11.3 Å². The topological polar surface area (TPSA) is 73.9 Å². The first-order chi connectivity index (χ1) is 15.4. The van der Waals surface area contributed by atoms with Crippen LogP contribution in [0.25, 0.3) is 10.4 Å². The van der Waals surface area contributed by atoms with Gasteiger partial charge in [0, 0.05) is 22.4 Å². The maximum absolute atomic E-state index is 14.3. The van der Waals surface area contributed by atoms with Gasteiger partial charge >= 0.3 is 0 Å². The van der Waals surface area contributed by atoms with E-state index in [2.05, 4.69) is 5.32 Å². The highest BCUT2D eigenvalue weighted by Crippen LogP contribution is 2.42. The van der Waals surface area contributed by atoms with Crippen molar-refractivity contribution in [1.82, 2.24) is 5.32 Å². The van der Waals surface area contributed by atoms with E-state index in [1.807, 2.05) is 0 Å². The number of para-hydroxylation sites is 1. The first-order valence-electron chi connectivity index (χ1n) is 10.0. The lowest BCUT2D eigenvalue weighted by atomic mass is 10.0. The fraction of sp³-hybridized carbons (Fsp3) is 0.250. The van der Waals surface area contributed by atoms with Crippen LogP contribution in [0.2, 0.25) is 0 Å². The summed E-state index contributed by atoms with van der Waals surface area (Å²) in [6.45, 7) is 1.73. The summed E-state index contributed by atoms with van der Waals surface area (Å²) in [6, 6.07) is 11.5. The number of nitrogens with one attached hydrogen (secondary N) is 1. The molecular formula is C24H22FNO5S. The number of carbonyl (C=O) groups is 2. The molecule has 2 heterocycles. The third kappa shape index (κ3) is 4.18. The Morgan fingerprint density at radius 2 is 2.00 bits per heavy atom. The molecule has 1 aromatic heterocycles. The van der Waals surface area contributed by atoms with Crippen LogP contribution in [0.4, 0.5) is 4.39 Å². The average Bonchev–Trinajstić information content (AvgIpc) is 3.43. The first kappa shape index (κ1) is 21.8. The molecule has 0 aliphatic carbocycles. The molecule has 0 spiro atoms. The maximum atomic E-state index is 14.3. The molecule has 0 bridgehead atoms. The molecule has 0 saturated carbocycles. The number of rotatable bonds is 7. The van der Waals surface area contributed by atoms with Crippen LogP contribution in [0.1, 0.15) is 32.5 Å². The highest BCUT2D eigenvalue weighted by atomic mass is 32.1. The Bertz CT molecular complexity index is 1190. The molecule has 1 N–H and O–H groups in total. The van der Waals surface area contributed by atoms with Crippen LogP contribution in [-0.4, -0.2) is 38.6 Å². The Hall–Kier alpha value is -3.39. The van der Waals surface area contributed by atoms with Gasteiger partial charge in [-0.1, -0.05) is 6.07 Å². The zero-order chi connectivity index (χ0) is 22.8. The minimum absolute atomic E-state index is 0.0382. The molecule has 0 radical (unpaired) electrons. The van der Waals surface area contributed by atoms with Crippen molar-refractivity contribution in [3.63, 3.8) is 0 Å². The molecule has 0 fully saturated rings. The summed E-state index contributed by atoms with van der Waals surface area (Å²) in [7, 11) is 2.98. The maximum Gasteiger partial charge on any atom is 0.255 e. The van der Waals surface area contributed by atoms with Gasteiger partial charge < -0.3 is 19.5 Å². The van der Waals surface area contributed by atoms with Gasteiger partial charge in [0.15, 0.2) is 17.3 Å². The number of ether oxygens (including phenoxy) is 3. The Morgan fingerprint density at radius 1 is 1.19 bits per heavy atom. The largest absolute Gasteiger partial charge is 0.493 e. The van der Waals surface area contributed by atoms with Crippen LogP contribution < -0.4 is 19.5 Å². The van der Waals surface area contributed by atoms with E-state index in [0.29, 0.717) is 39.7 Å². The van der Waals surface area contributed by atoms with Gasteiger partial charge in [-0.2, -0.15) is 0 Å². The molecule has 1 atom stereocenters. The fourth-order valence-corrected chi connectivity index (χ4v) is 4.65. The normalized spacial score (nSPS) is 14.4. The van der Waals surface area contributed by atoms with Gasteiger partial charge in [-0.3, -0.25) is 9.59 Å². The summed E-state index contributed by atoms with van der Waals surface area (Å²) in [4.78, 5) is 25.7. The number of thiophene rings is 1. The monoisotopic (exact) mass is 455 g/mol. The molecule has 0 saturated heterocycles. The number of methoxy groups -OCH3 is 2. The van der Waals surface area contributed by atoms with Crippen molar-refractivity contribution in [2.24, 2.45) is 0 Å². The molecule has 2 aromatic carbocycles. The first-order valence-corrected chi connectivity index (χ1v) is 10.8. The molecule has 1 amide bonds. The van der Waals surface area contributed by atoms with Crippen LogP contribution in [-0.2, 0) is 6.42 Å². The van der Waals surface area contributed by atoms with E-state index < -0.39 is 0 Å². The van der Waals surface area contributed by atoms with Crippen LogP contribution in [0.5, 0.6) is 17.2 Å². The van der Waals surface area contributed by atoms with Gasteiger partial charge in [0.1, 0.15) is 17.7 Å². The van der Waals surface area contributed by atoms with Gasteiger partial charge in [-0.05, 0) is 43.3 Å². The van der Waals surface area contributed by atoms with Gasteiger partial charge in [0.05, 0.1) is 31.2 Å². The number of amides is 1. The molecular weight excluding hydrogens is 433 g/mol. The Labute approximate surface area is 188 Å². The van der Waals surface area contributed by atoms with Crippen LogP contribution >= 0.6 is 11.3 Å². The zero-order valence-electron chi connectivity index (χ0n) is 17.9. The molecule has 6 nitrogen and oxygen atoms in total. The summed E-state index contributed by atoms with van der Waals surface area (Å²) in [5.41, 5.74) is 1.70. The van der Waals surface area contributed by atoms with Crippen LogP contribution in [0, 0.1) is 5.82 Å². The van der Waals surface area contributed by atoms with Crippen molar-refractivity contribution in [3.05, 3.63) is 64.3 Å². The number of ketones is 1. The van der Waals surface area contributed by atoms with E-state index in [0.717, 1.165) is 10.4 Å². The number of benzene rings is 2. The standard InChI is InChI=1S/C24H22FNO5S/c1-13(27)20-7-8-21(32-20)18-11-15(25)9-14-10-16(31-22(14)18)12-26-24(28)17-5-4-6-19(29-2)23(17)30-3/h4-9,11,16H,10,12H2,1-3H3,(H,26,28)/t16-/m0/s1. The van der Waals surface area contributed by atoms with E-state index in [1.165, 1.54) is 44.6 Å². The van der Waals surface area contributed by atoms with Crippen LogP contribution in [0.15, 0.2) is 42.5 Å². The second-order valence-electron chi connectivity index (χ2n) is 7.36. The van der Waals surface area contributed by atoms with E-state index in [4.69, 9.17) is 14.2 Å². The second kappa shape index (κ2) is 9.00. The highest BCUT2D eigenvalue weighted by Gasteiger charge is 2.28. The van der Waals surface area contributed by atoms with E-state index >= 15 is 0 Å². The zero-order valence-corrected chi connectivity index (χ0v) is 18.7. The van der Waals surface area contributed by atoms with Gasteiger partial charge in [0.2, 0.25) is 0 Å². The van der Waals surface area contributed by atoms with Crippen molar-refractivity contribution in [1.29, 1.82) is 0 Å². The van der Waals surface area contributed by atoms with Crippen molar-refractivity contribution in [3.8, 4) is 27.7 Å². The summed E-state index contributed by atoms with van der Waals surface area (Å²) in [6.07, 6.45) is 0.110.